The summed E-state index contributed by atoms with van der Waals surface area (Å²) in [7, 11) is 1.69. The molecule has 3 nitrogen and oxygen atoms in total. The van der Waals surface area contributed by atoms with E-state index in [0.717, 1.165) is 6.42 Å². The number of carbonyl (C=O) groups excluding carboxylic acids is 1. The molecule has 0 aromatic heterocycles. The van der Waals surface area contributed by atoms with E-state index in [1.807, 2.05) is 30.3 Å². The molecule has 0 spiro atoms. The average Bonchev–Trinajstić information content (AvgIpc) is 2.27. The summed E-state index contributed by atoms with van der Waals surface area (Å²) in [6, 6.07) is 9.88. The Bertz CT molecular complexity index is 303. The van der Waals surface area contributed by atoms with Crippen LogP contribution in [0.3, 0.4) is 0 Å². The van der Waals surface area contributed by atoms with Gasteiger partial charge in [-0.3, -0.25) is 0 Å². The number of halogens is 1. The molecule has 0 unspecified atom stereocenters. The van der Waals surface area contributed by atoms with Crippen LogP contribution in [-0.2, 0) is 11.2 Å². The van der Waals surface area contributed by atoms with Crippen LogP contribution < -0.4 is 0 Å². The third-order valence-corrected chi connectivity index (χ3v) is 2.18. The summed E-state index contributed by atoms with van der Waals surface area (Å²) < 4.78 is 4.64. The van der Waals surface area contributed by atoms with E-state index >= 15 is 0 Å². The van der Waals surface area contributed by atoms with Gasteiger partial charge < -0.3 is 9.64 Å². The zero-order valence-electron chi connectivity index (χ0n) is 8.65. The van der Waals surface area contributed by atoms with Crippen LogP contribution >= 0.6 is 11.6 Å². The lowest BCUT2D eigenvalue weighted by atomic mass is 10.1. The SMILES string of the molecule is CN(CCc1ccccc1)C(=O)OCCl. The normalized spacial score (nSPS) is 9.73. The summed E-state index contributed by atoms with van der Waals surface area (Å²) >= 11 is 5.29. The van der Waals surface area contributed by atoms with Gasteiger partial charge in [-0.15, -0.1) is 0 Å². The minimum atomic E-state index is -0.388. The second-order valence-corrected chi connectivity index (χ2v) is 3.39. The van der Waals surface area contributed by atoms with Crippen LogP contribution in [0.25, 0.3) is 0 Å². The van der Waals surface area contributed by atoms with Crippen molar-refractivity contribution in [3.05, 3.63) is 35.9 Å². The molecule has 0 atom stereocenters. The van der Waals surface area contributed by atoms with Crippen molar-refractivity contribution in [1.29, 1.82) is 0 Å². The number of rotatable bonds is 4. The zero-order chi connectivity index (χ0) is 11.1. The lowest BCUT2D eigenvalue weighted by Gasteiger charge is -2.15. The van der Waals surface area contributed by atoms with Crippen LogP contribution in [-0.4, -0.2) is 30.7 Å². The van der Waals surface area contributed by atoms with Crippen molar-refractivity contribution in [2.75, 3.05) is 19.7 Å². The Morgan fingerprint density at radius 2 is 2.07 bits per heavy atom. The number of amides is 1. The zero-order valence-corrected chi connectivity index (χ0v) is 9.41. The highest BCUT2D eigenvalue weighted by atomic mass is 35.5. The van der Waals surface area contributed by atoms with Gasteiger partial charge in [0, 0.05) is 13.6 Å². The topological polar surface area (TPSA) is 29.5 Å². The van der Waals surface area contributed by atoms with Gasteiger partial charge in [-0.2, -0.15) is 0 Å². The average molecular weight is 228 g/mol. The van der Waals surface area contributed by atoms with E-state index in [1.165, 1.54) is 10.5 Å². The van der Waals surface area contributed by atoms with Crippen LogP contribution in [0.15, 0.2) is 30.3 Å². The van der Waals surface area contributed by atoms with Crippen LogP contribution in [0.5, 0.6) is 0 Å². The molecule has 15 heavy (non-hydrogen) atoms. The highest BCUT2D eigenvalue weighted by molar-refractivity contribution is 6.17. The van der Waals surface area contributed by atoms with E-state index in [0.29, 0.717) is 6.54 Å². The Labute approximate surface area is 94.6 Å². The highest BCUT2D eigenvalue weighted by Gasteiger charge is 2.08. The van der Waals surface area contributed by atoms with Crippen molar-refractivity contribution in [3.63, 3.8) is 0 Å². The lowest BCUT2D eigenvalue weighted by molar-refractivity contribution is 0.128. The van der Waals surface area contributed by atoms with Gasteiger partial charge in [0.2, 0.25) is 0 Å². The molecule has 1 rings (SSSR count). The first kappa shape index (κ1) is 11.9. The first-order chi connectivity index (χ1) is 7.24. The molecule has 0 saturated heterocycles. The summed E-state index contributed by atoms with van der Waals surface area (Å²) in [5, 5.41) is 0. The van der Waals surface area contributed by atoms with Gasteiger partial charge in [0.25, 0.3) is 0 Å². The van der Waals surface area contributed by atoms with E-state index in [-0.39, 0.29) is 12.2 Å². The lowest BCUT2D eigenvalue weighted by Crippen LogP contribution is -2.29. The van der Waals surface area contributed by atoms with E-state index < -0.39 is 0 Å². The number of alkyl halides is 1. The van der Waals surface area contributed by atoms with Gasteiger partial charge in [0.05, 0.1) is 0 Å². The van der Waals surface area contributed by atoms with Crippen LogP contribution in [0.4, 0.5) is 4.79 Å². The molecule has 0 saturated carbocycles. The van der Waals surface area contributed by atoms with Gasteiger partial charge >= 0.3 is 6.09 Å². The molecule has 1 amide bonds. The number of benzene rings is 1. The van der Waals surface area contributed by atoms with Crippen molar-refractivity contribution in [2.45, 2.75) is 6.42 Å². The Balaban J connectivity index is 2.34. The third-order valence-electron chi connectivity index (χ3n) is 2.07. The van der Waals surface area contributed by atoms with E-state index in [2.05, 4.69) is 4.74 Å². The first-order valence-electron chi connectivity index (χ1n) is 4.72. The van der Waals surface area contributed by atoms with Gasteiger partial charge in [-0.25, -0.2) is 4.79 Å². The molecule has 0 aliphatic heterocycles. The molecular weight excluding hydrogens is 214 g/mol. The minimum Gasteiger partial charge on any atom is -0.433 e. The standard InChI is InChI=1S/C11H14ClNO2/c1-13(11(14)15-9-12)8-7-10-5-3-2-4-6-10/h2-6H,7-9H2,1H3. The molecule has 0 bridgehead atoms. The quantitative estimate of drug-likeness (QED) is 0.740. The molecule has 0 aliphatic rings. The molecule has 0 N–H and O–H groups in total. The summed E-state index contributed by atoms with van der Waals surface area (Å²) in [5.41, 5.74) is 1.20. The Hall–Kier alpha value is -1.22. The fourth-order valence-electron chi connectivity index (χ4n) is 1.19. The van der Waals surface area contributed by atoms with Gasteiger partial charge in [0.1, 0.15) is 0 Å². The maximum Gasteiger partial charge on any atom is 0.410 e. The summed E-state index contributed by atoms with van der Waals surface area (Å²) in [6.07, 6.45) is 0.426. The number of carbonyl (C=O) groups is 1. The van der Waals surface area contributed by atoms with E-state index in [4.69, 9.17) is 11.6 Å². The summed E-state index contributed by atoms with van der Waals surface area (Å²) in [6.45, 7) is 0.625. The largest absolute Gasteiger partial charge is 0.433 e. The first-order valence-corrected chi connectivity index (χ1v) is 5.25. The second-order valence-electron chi connectivity index (χ2n) is 3.18. The molecule has 1 aromatic rings. The molecule has 0 radical (unpaired) electrons. The number of likely N-dealkylation sites (N-methyl/N-ethyl adjacent to an activating group) is 1. The third kappa shape index (κ3) is 4.21. The van der Waals surface area contributed by atoms with Gasteiger partial charge in [-0.1, -0.05) is 41.9 Å². The maximum atomic E-state index is 11.2. The summed E-state index contributed by atoms with van der Waals surface area (Å²) in [4.78, 5) is 12.7. The fraction of sp³-hybridized carbons (Fsp3) is 0.364. The van der Waals surface area contributed by atoms with E-state index in [9.17, 15) is 4.79 Å². The number of hydrogen-bond acceptors (Lipinski definition) is 2. The molecule has 0 fully saturated rings. The Kier molecular flexibility index (Phi) is 4.98. The van der Waals surface area contributed by atoms with Crippen molar-refractivity contribution < 1.29 is 9.53 Å². The summed E-state index contributed by atoms with van der Waals surface area (Å²) in [5.74, 6) is 0. The molecule has 1 aromatic carbocycles. The van der Waals surface area contributed by atoms with Gasteiger partial charge in [0.15, 0.2) is 6.07 Å². The fourth-order valence-corrected chi connectivity index (χ4v) is 1.28. The number of hydrogen-bond donors (Lipinski definition) is 0. The van der Waals surface area contributed by atoms with Crippen molar-refractivity contribution in [2.24, 2.45) is 0 Å². The highest BCUT2D eigenvalue weighted by Crippen LogP contribution is 2.01. The van der Waals surface area contributed by atoms with Crippen molar-refractivity contribution >= 4 is 17.7 Å². The molecule has 82 valence electrons. The van der Waals surface area contributed by atoms with Crippen molar-refractivity contribution in [1.82, 2.24) is 4.90 Å². The Morgan fingerprint density at radius 3 is 2.67 bits per heavy atom. The number of nitrogens with zero attached hydrogens (tertiary/aromatic N) is 1. The predicted octanol–water partition coefficient (Wildman–Crippen LogP) is 2.49. The van der Waals surface area contributed by atoms with Gasteiger partial charge in [-0.05, 0) is 12.0 Å². The smallest absolute Gasteiger partial charge is 0.410 e. The number of ether oxygens (including phenoxy) is 1. The Morgan fingerprint density at radius 1 is 1.40 bits per heavy atom. The molecule has 0 aliphatic carbocycles. The van der Waals surface area contributed by atoms with Crippen LogP contribution in [0.2, 0.25) is 0 Å². The maximum absolute atomic E-state index is 11.2. The monoisotopic (exact) mass is 227 g/mol. The predicted molar refractivity (Wildman–Crippen MR) is 60.0 cm³/mol. The van der Waals surface area contributed by atoms with Crippen molar-refractivity contribution in [3.8, 4) is 0 Å². The van der Waals surface area contributed by atoms with Crippen LogP contribution in [0, 0.1) is 0 Å². The van der Waals surface area contributed by atoms with Crippen LogP contribution in [0.1, 0.15) is 5.56 Å². The second kappa shape index (κ2) is 6.30. The minimum absolute atomic E-state index is 0.103. The molecular formula is C11H14ClNO2. The molecule has 4 heteroatoms. The van der Waals surface area contributed by atoms with E-state index in [1.54, 1.807) is 7.05 Å². The molecule has 0 heterocycles.